The van der Waals surface area contributed by atoms with E-state index in [1.165, 1.54) is 18.3 Å². The predicted molar refractivity (Wildman–Crippen MR) is 55.5 cm³/mol. The fraction of sp³-hybridized carbons (Fsp3) is 0.375. The highest BCUT2D eigenvalue weighted by Crippen LogP contribution is 2.13. The lowest BCUT2D eigenvalue weighted by Gasteiger charge is -2.06. The van der Waals surface area contributed by atoms with Gasteiger partial charge in [-0.1, -0.05) is 0 Å². The number of anilines is 1. The van der Waals surface area contributed by atoms with Gasteiger partial charge in [0, 0.05) is 19.3 Å². The summed E-state index contributed by atoms with van der Waals surface area (Å²) >= 11 is 0. The van der Waals surface area contributed by atoms with Crippen molar-refractivity contribution in [3.63, 3.8) is 0 Å². The topological polar surface area (TPSA) is 105 Å². The van der Waals surface area contributed by atoms with Crippen LogP contribution in [0.2, 0.25) is 0 Å². The molecule has 1 rings (SSSR count). The van der Waals surface area contributed by atoms with Crippen molar-refractivity contribution in [1.29, 1.82) is 0 Å². The molecule has 7 heteroatoms. The summed E-state index contributed by atoms with van der Waals surface area (Å²) in [6.07, 6.45) is 1.78. The molecule has 0 fully saturated rings. The number of nitrogens with two attached hydrogens (primary N) is 1. The first kappa shape index (κ1) is 11.9. The maximum Gasteiger partial charge on any atom is 0.244 e. The Morgan fingerprint density at radius 1 is 1.53 bits per heavy atom. The van der Waals surface area contributed by atoms with Crippen LogP contribution in [0.25, 0.3) is 0 Å². The monoisotopic (exact) mass is 231 g/mol. The van der Waals surface area contributed by atoms with E-state index < -0.39 is 10.0 Å². The van der Waals surface area contributed by atoms with Crippen molar-refractivity contribution < 1.29 is 13.5 Å². The third kappa shape index (κ3) is 3.15. The molecule has 0 amide bonds. The van der Waals surface area contributed by atoms with Gasteiger partial charge in [0.25, 0.3) is 0 Å². The van der Waals surface area contributed by atoms with E-state index in [9.17, 15) is 8.42 Å². The summed E-state index contributed by atoms with van der Waals surface area (Å²) in [5.74, 6) is -0.0333. The van der Waals surface area contributed by atoms with Gasteiger partial charge in [-0.05, 0) is 18.6 Å². The van der Waals surface area contributed by atoms with Crippen LogP contribution in [0, 0.1) is 0 Å². The van der Waals surface area contributed by atoms with E-state index in [0.29, 0.717) is 6.42 Å². The lowest BCUT2D eigenvalue weighted by Crippen LogP contribution is -2.26. The molecule has 0 atom stereocenters. The number of nitrogens with one attached hydrogen (secondary N) is 1. The molecule has 0 aromatic carbocycles. The zero-order valence-corrected chi connectivity index (χ0v) is 8.87. The smallest absolute Gasteiger partial charge is 0.244 e. The van der Waals surface area contributed by atoms with Gasteiger partial charge in [0.1, 0.15) is 10.7 Å². The van der Waals surface area contributed by atoms with Crippen LogP contribution in [-0.4, -0.2) is 31.7 Å². The van der Waals surface area contributed by atoms with Gasteiger partial charge in [0.2, 0.25) is 10.0 Å². The maximum absolute atomic E-state index is 11.6. The molecule has 0 bridgehead atoms. The van der Waals surface area contributed by atoms with Crippen LogP contribution < -0.4 is 10.5 Å². The molecule has 6 nitrogen and oxygen atoms in total. The van der Waals surface area contributed by atoms with Crippen LogP contribution in [0.1, 0.15) is 6.42 Å². The second kappa shape index (κ2) is 5.06. The molecular weight excluding hydrogens is 218 g/mol. The molecule has 0 radical (unpaired) electrons. The molecule has 0 unspecified atom stereocenters. The summed E-state index contributed by atoms with van der Waals surface area (Å²) in [5, 5.41) is 8.52. The summed E-state index contributed by atoms with van der Waals surface area (Å²) in [4.78, 5) is 3.64. The molecule has 84 valence electrons. The quantitative estimate of drug-likeness (QED) is 0.582. The fourth-order valence-corrected chi connectivity index (χ4v) is 2.15. The number of hydrogen-bond donors (Lipinski definition) is 3. The van der Waals surface area contributed by atoms with Crippen LogP contribution in [-0.2, 0) is 10.0 Å². The largest absolute Gasteiger partial charge is 0.396 e. The van der Waals surface area contributed by atoms with Crippen LogP contribution in [0.5, 0.6) is 0 Å². The summed E-state index contributed by atoms with van der Waals surface area (Å²) < 4.78 is 25.5. The van der Waals surface area contributed by atoms with E-state index in [0.717, 1.165) is 0 Å². The molecule has 0 aliphatic carbocycles. The molecule has 0 aliphatic heterocycles. The number of sulfonamides is 1. The number of nitrogens with zero attached hydrogens (tertiary/aromatic N) is 1. The minimum Gasteiger partial charge on any atom is -0.396 e. The van der Waals surface area contributed by atoms with Crippen LogP contribution in [0.15, 0.2) is 23.2 Å². The van der Waals surface area contributed by atoms with Gasteiger partial charge in [-0.3, -0.25) is 0 Å². The Bertz CT molecular complexity index is 419. The van der Waals surface area contributed by atoms with Crippen molar-refractivity contribution in [2.45, 2.75) is 11.3 Å². The van der Waals surface area contributed by atoms with Crippen molar-refractivity contribution >= 4 is 15.8 Å². The first-order valence-corrected chi connectivity index (χ1v) is 5.87. The van der Waals surface area contributed by atoms with E-state index in [2.05, 4.69) is 9.71 Å². The number of aliphatic hydroxyl groups excluding tert-OH is 1. The molecular formula is C8H13N3O3S. The fourth-order valence-electron chi connectivity index (χ4n) is 0.993. The van der Waals surface area contributed by atoms with E-state index in [4.69, 9.17) is 10.8 Å². The van der Waals surface area contributed by atoms with E-state index in [-0.39, 0.29) is 23.9 Å². The normalized spacial score (nSPS) is 11.5. The van der Waals surface area contributed by atoms with E-state index in [1.54, 1.807) is 0 Å². The predicted octanol–water partition coefficient (Wildman–Crippen LogP) is -0.676. The molecule has 0 saturated heterocycles. The molecule has 0 spiro atoms. The molecule has 0 aliphatic rings. The van der Waals surface area contributed by atoms with Crippen LogP contribution >= 0.6 is 0 Å². The van der Waals surface area contributed by atoms with Gasteiger partial charge in [-0.25, -0.2) is 18.1 Å². The van der Waals surface area contributed by atoms with Gasteiger partial charge < -0.3 is 10.8 Å². The molecule has 1 aromatic rings. The summed E-state index contributed by atoms with van der Waals surface area (Å²) in [6.45, 7) is 0.109. The van der Waals surface area contributed by atoms with Crippen molar-refractivity contribution in [3.8, 4) is 0 Å². The van der Waals surface area contributed by atoms with Crippen molar-refractivity contribution in [2.24, 2.45) is 0 Å². The lowest BCUT2D eigenvalue weighted by molar-refractivity contribution is 0.289. The Morgan fingerprint density at radius 3 is 2.87 bits per heavy atom. The number of aliphatic hydroxyl groups is 1. The molecule has 0 saturated carbocycles. The first-order valence-electron chi connectivity index (χ1n) is 4.39. The van der Waals surface area contributed by atoms with Crippen molar-refractivity contribution in [1.82, 2.24) is 9.71 Å². The van der Waals surface area contributed by atoms with Gasteiger partial charge in [0.05, 0.1) is 0 Å². The maximum atomic E-state index is 11.6. The Kier molecular flexibility index (Phi) is 4.01. The standard InChI is InChI=1S/C8H13N3O3S/c9-8-7(3-1-4-10-8)15(13,14)11-5-2-6-12/h1,3-4,11-12H,2,5-6H2,(H2,9,10). The number of rotatable bonds is 5. The second-order valence-electron chi connectivity index (χ2n) is 2.86. The van der Waals surface area contributed by atoms with Crippen molar-refractivity contribution in [2.75, 3.05) is 18.9 Å². The molecule has 1 heterocycles. The third-order valence-electron chi connectivity index (χ3n) is 1.72. The summed E-state index contributed by atoms with van der Waals surface area (Å²) in [6, 6.07) is 2.88. The highest BCUT2D eigenvalue weighted by Gasteiger charge is 2.16. The Balaban J connectivity index is 2.83. The zero-order valence-electron chi connectivity index (χ0n) is 8.05. The van der Waals surface area contributed by atoms with E-state index >= 15 is 0 Å². The van der Waals surface area contributed by atoms with Crippen LogP contribution in [0.3, 0.4) is 0 Å². The Hall–Kier alpha value is -1.18. The lowest BCUT2D eigenvalue weighted by atomic mass is 10.5. The Morgan fingerprint density at radius 2 is 2.27 bits per heavy atom. The van der Waals surface area contributed by atoms with Gasteiger partial charge in [-0.15, -0.1) is 0 Å². The molecule has 15 heavy (non-hydrogen) atoms. The van der Waals surface area contributed by atoms with Gasteiger partial charge >= 0.3 is 0 Å². The van der Waals surface area contributed by atoms with Gasteiger partial charge in [-0.2, -0.15) is 0 Å². The second-order valence-corrected chi connectivity index (χ2v) is 4.60. The number of aromatic nitrogens is 1. The summed E-state index contributed by atoms with van der Waals surface area (Å²) in [5.41, 5.74) is 5.43. The first-order chi connectivity index (χ1) is 7.08. The SMILES string of the molecule is Nc1ncccc1S(=O)(=O)NCCCO. The number of nitrogen functional groups attached to an aromatic ring is 1. The number of pyridine rings is 1. The molecule has 4 N–H and O–H groups in total. The average Bonchev–Trinajstić information content (AvgIpc) is 2.18. The molecule has 1 aromatic heterocycles. The van der Waals surface area contributed by atoms with E-state index in [1.807, 2.05) is 0 Å². The third-order valence-corrected chi connectivity index (χ3v) is 3.22. The van der Waals surface area contributed by atoms with Crippen LogP contribution in [0.4, 0.5) is 5.82 Å². The minimum absolute atomic E-state index is 0.0333. The van der Waals surface area contributed by atoms with Gasteiger partial charge in [0.15, 0.2) is 0 Å². The minimum atomic E-state index is -3.61. The highest BCUT2D eigenvalue weighted by atomic mass is 32.2. The number of hydrogen-bond acceptors (Lipinski definition) is 5. The summed E-state index contributed by atoms with van der Waals surface area (Å²) in [7, 11) is -3.61. The highest BCUT2D eigenvalue weighted by molar-refractivity contribution is 7.89. The Labute approximate surface area is 88.2 Å². The average molecular weight is 231 g/mol. The van der Waals surface area contributed by atoms with Crippen molar-refractivity contribution in [3.05, 3.63) is 18.3 Å². The zero-order chi connectivity index (χ0) is 11.3.